The first-order valence-electron chi connectivity index (χ1n) is 4.30. The van der Waals surface area contributed by atoms with Gasteiger partial charge in [0.1, 0.15) is 11.3 Å². The van der Waals surface area contributed by atoms with E-state index in [1.807, 2.05) is 19.9 Å². The summed E-state index contributed by atoms with van der Waals surface area (Å²) in [5, 5.41) is 0.897. The Morgan fingerprint density at radius 3 is 2.86 bits per heavy atom. The van der Waals surface area contributed by atoms with E-state index in [9.17, 15) is 4.79 Å². The SMILES string of the molecule is Cc1oc2cccc(N=C=O)c2c1C. The number of nitrogens with zero attached hydrogens (tertiary/aromatic N) is 1. The Morgan fingerprint density at radius 1 is 1.36 bits per heavy atom. The van der Waals surface area contributed by atoms with Gasteiger partial charge < -0.3 is 4.42 Å². The van der Waals surface area contributed by atoms with Gasteiger partial charge in [-0.15, -0.1) is 0 Å². The summed E-state index contributed by atoms with van der Waals surface area (Å²) in [6.45, 7) is 3.84. The summed E-state index contributed by atoms with van der Waals surface area (Å²) >= 11 is 0. The molecule has 0 N–H and O–H groups in total. The molecule has 0 aliphatic rings. The minimum absolute atomic E-state index is 0.617. The van der Waals surface area contributed by atoms with Gasteiger partial charge in [0.15, 0.2) is 0 Å². The number of benzene rings is 1. The number of aliphatic imine (C=N–C) groups is 1. The van der Waals surface area contributed by atoms with E-state index in [2.05, 4.69) is 4.99 Å². The van der Waals surface area contributed by atoms with Crippen molar-refractivity contribution >= 4 is 22.7 Å². The maximum Gasteiger partial charge on any atom is 0.240 e. The Kier molecular flexibility index (Phi) is 1.95. The summed E-state index contributed by atoms with van der Waals surface area (Å²) in [5.74, 6) is 0.855. The van der Waals surface area contributed by atoms with Crippen molar-refractivity contribution in [2.24, 2.45) is 4.99 Å². The fourth-order valence-corrected chi connectivity index (χ4v) is 1.54. The third-order valence-electron chi connectivity index (χ3n) is 2.34. The maximum absolute atomic E-state index is 10.2. The molecule has 0 radical (unpaired) electrons. The van der Waals surface area contributed by atoms with Gasteiger partial charge in [-0.1, -0.05) is 6.07 Å². The second-order valence-corrected chi connectivity index (χ2v) is 3.14. The summed E-state index contributed by atoms with van der Waals surface area (Å²) in [5.41, 5.74) is 2.40. The minimum Gasteiger partial charge on any atom is -0.461 e. The summed E-state index contributed by atoms with van der Waals surface area (Å²) in [6.07, 6.45) is 1.55. The molecule has 0 amide bonds. The smallest absolute Gasteiger partial charge is 0.240 e. The van der Waals surface area contributed by atoms with E-state index < -0.39 is 0 Å². The van der Waals surface area contributed by atoms with Gasteiger partial charge in [0, 0.05) is 5.56 Å². The zero-order valence-corrected chi connectivity index (χ0v) is 8.00. The first kappa shape index (κ1) is 8.73. The highest BCUT2D eigenvalue weighted by Gasteiger charge is 2.09. The summed E-state index contributed by atoms with van der Waals surface area (Å²) < 4.78 is 5.50. The highest BCUT2D eigenvalue weighted by Crippen LogP contribution is 2.32. The predicted octanol–water partition coefficient (Wildman–Crippen LogP) is 3.02. The summed E-state index contributed by atoms with van der Waals surface area (Å²) in [4.78, 5) is 13.9. The molecule has 0 fully saturated rings. The number of aryl methyl sites for hydroxylation is 2. The van der Waals surface area contributed by atoms with Crippen molar-refractivity contribution in [1.29, 1.82) is 0 Å². The molecule has 0 saturated heterocycles. The molecule has 0 aliphatic heterocycles. The van der Waals surface area contributed by atoms with Gasteiger partial charge in [-0.2, -0.15) is 4.99 Å². The van der Waals surface area contributed by atoms with Crippen LogP contribution in [0.1, 0.15) is 11.3 Å². The van der Waals surface area contributed by atoms with Crippen LogP contribution in [0.4, 0.5) is 5.69 Å². The van der Waals surface area contributed by atoms with Crippen LogP contribution in [-0.4, -0.2) is 6.08 Å². The molecule has 3 heteroatoms. The Hall–Kier alpha value is -1.86. The standard InChI is InChI=1S/C11H9NO2/c1-7-8(2)14-10-5-3-4-9(11(7)10)12-6-13/h3-5H,1-2H3. The van der Waals surface area contributed by atoms with Crippen LogP contribution in [0, 0.1) is 13.8 Å². The average molecular weight is 187 g/mol. The van der Waals surface area contributed by atoms with Crippen LogP contribution in [0.2, 0.25) is 0 Å². The largest absolute Gasteiger partial charge is 0.461 e. The zero-order chi connectivity index (χ0) is 10.1. The van der Waals surface area contributed by atoms with E-state index in [0.717, 1.165) is 22.3 Å². The number of rotatable bonds is 1. The first-order valence-corrected chi connectivity index (χ1v) is 4.30. The van der Waals surface area contributed by atoms with Crippen molar-refractivity contribution in [1.82, 2.24) is 0 Å². The molecule has 0 saturated carbocycles. The summed E-state index contributed by atoms with van der Waals surface area (Å²) in [7, 11) is 0. The molecule has 0 atom stereocenters. The van der Waals surface area contributed by atoms with Crippen LogP contribution in [0.25, 0.3) is 11.0 Å². The lowest BCUT2D eigenvalue weighted by molar-refractivity contribution is 0.565. The third kappa shape index (κ3) is 1.15. The highest BCUT2D eigenvalue weighted by atomic mass is 16.3. The average Bonchev–Trinajstić information content (AvgIpc) is 2.45. The van der Waals surface area contributed by atoms with E-state index in [1.165, 1.54) is 0 Å². The van der Waals surface area contributed by atoms with Gasteiger partial charge in [0.25, 0.3) is 0 Å². The molecule has 0 aliphatic carbocycles. The lowest BCUT2D eigenvalue weighted by Crippen LogP contribution is -1.72. The molecule has 1 heterocycles. The van der Waals surface area contributed by atoms with Crippen LogP contribution >= 0.6 is 0 Å². The zero-order valence-electron chi connectivity index (χ0n) is 8.00. The highest BCUT2D eigenvalue weighted by molar-refractivity contribution is 5.93. The predicted molar refractivity (Wildman–Crippen MR) is 53.5 cm³/mol. The molecule has 2 aromatic rings. The van der Waals surface area contributed by atoms with Gasteiger partial charge in [0.05, 0.1) is 11.1 Å². The fraction of sp³-hybridized carbons (Fsp3) is 0.182. The number of furan rings is 1. The normalized spacial score (nSPS) is 10.1. The Labute approximate surface area is 81.1 Å². The van der Waals surface area contributed by atoms with Crippen LogP contribution in [0.15, 0.2) is 27.6 Å². The minimum atomic E-state index is 0.617. The van der Waals surface area contributed by atoms with Gasteiger partial charge in [0.2, 0.25) is 6.08 Å². The molecule has 14 heavy (non-hydrogen) atoms. The van der Waals surface area contributed by atoms with E-state index in [1.54, 1.807) is 18.2 Å². The molecule has 0 unspecified atom stereocenters. The van der Waals surface area contributed by atoms with E-state index in [0.29, 0.717) is 5.69 Å². The van der Waals surface area contributed by atoms with Crippen molar-refractivity contribution in [3.05, 3.63) is 29.5 Å². The lowest BCUT2D eigenvalue weighted by Gasteiger charge is -1.93. The second kappa shape index (κ2) is 3.13. The van der Waals surface area contributed by atoms with Crippen LogP contribution in [0.5, 0.6) is 0 Å². The Balaban J connectivity index is 2.90. The molecule has 70 valence electrons. The molecular weight excluding hydrogens is 178 g/mol. The van der Waals surface area contributed by atoms with Crippen LogP contribution < -0.4 is 0 Å². The van der Waals surface area contributed by atoms with Crippen molar-refractivity contribution in [3.63, 3.8) is 0 Å². The first-order chi connectivity index (χ1) is 6.74. The molecule has 1 aromatic heterocycles. The maximum atomic E-state index is 10.2. The van der Waals surface area contributed by atoms with Crippen molar-refractivity contribution in [3.8, 4) is 0 Å². The van der Waals surface area contributed by atoms with E-state index in [4.69, 9.17) is 4.42 Å². The van der Waals surface area contributed by atoms with Crippen molar-refractivity contribution < 1.29 is 9.21 Å². The van der Waals surface area contributed by atoms with Gasteiger partial charge in [-0.05, 0) is 26.0 Å². The number of hydrogen-bond acceptors (Lipinski definition) is 3. The van der Waals surface area contributed by atoms with Crippen LogP contribution in [0.3, 0.4) is 0 Å². The molecule has 3 nitrogen and oxygen atoms in total. The molecule has 1 aromatic carbocycles. The molecule has 0 spiro atoms. The van der Waals surface area contributed by atoms with Gasteiger partial charge >= 0.3 is 0 Å². The summed E-state index contributed by atoms with van der Waals surface area (Å²) in [6, 6.07) is 5.44. The molecule has 2 rings (SSSR count). The van der Waals surface area contributed by atoms with Gasteiger partial charge in [-0.25, -0.2) is 4.79 Å². The van der Waals surface area contributed by atoms with Crippen molar-refractivity contribution in [2.45, 2.75) is 13.8 Å². The quantitative estimate of drug-likeness (QED) is 0.508. The second-order valence-electron chi connectivity index (χ2n) is 3.14. The van der Waals surface area contributed by atoms with E-state index in [-0.39, 0.29) is 0 Å². The van der Waals surface area contributed by atoms with Gasteiger partial charge in [-0.3, -0.25) is 0 Å². The number of carbonyl (C=O) groups excluding carboxylic acids is 1. The Morgan fingerprint density at radius 2 is 2.14 bits per heavy atom. The number of isocyanates is 1. The molecule has 0 bridgehead atoms. The lowest BCUT2D eigenvalue weighted by atomic mass is 10.1. The topological polar surface area (TPSA) is 42.6 Å². The Bertz CT molecular complexity index is 533. The van der Waals surface area contributed by atoms with Crippen LogP contribution in [-0.2, 0) is 4.79 Å². The molecular formula is C11H9NO2. The monoisotopic (exact) mass is 187 g/mol. The van der Waals surface area contributed by atoms with E-state index >= 15 is 0 Å². The van der Waals surface area contributed by atoms with Crippen molar-refractivity contribution in [2.75, 3.05) is 0 Å². The fourth-order valence-electron chi connectivity index (χ4n) is 1.54. The third-order valence-corrected chi connectivity index (χ3v) is 2.34. The number of hydrogen-bond donors (Lipinski definition) is 0. The number of fused-ring (bicyclic) bond motifs is 1.